The summed E-state index contributed by atoms with van der Waals surface area (Å²) in [6, 6.07) is 3.80. The summed E-state index contributed by atoms with van der Waals surface area (Å²) in [5.74, 6) is -0.858. The van der Waals surface area contributed by atoms with Gasteiger partial charge in [-0.05, 0) is 31.9 Å². The SMILES string of the molecule is CCc1ccc(C(=O)N2CC[C@](C)(C(=O)O)C2)s1. The number of rotatable bonds is 3. The molecule has 0 unspecified atom stereocenters. The van der Waals surface area contributed by atoms with Gasteiger partial charge in [0.15, 0.2) is 0 Å². The van der Waals surface area contributed by atoms with E-state index in [1.165, 1.54) is 16.2 Å². The van der Waals surface area contributed by atoms with Crippen molar-refractivity contribution in [2.24, 2.45) is 5.41 Å². The van der Waals surface area contributed by atoms with Crippen LogP contribution in [-0.2, 0) is 11.2 Å². The summed E-state index contributed by atoms with van der Waals surface area (Å²) in [4.78, 5) is 26.9. The normalized spacial score (nSPS) is 23.3. The van der Waals surface area contributed by atoms with Gasteiger partial charge in [-0.2, -0.15) is 0 Å². The van der Waals surface area contributed by atoms with Gasteiger partial charge in [0.2, 0.25) is 0 Å². The minimum Gasteiger partial charge on any atom is -0.481 e. The van der Waals surface area contributed by atoms with Crippen LogP contribution in [0.2, 0.25) is 0 Å². The van der Waals surface area contributed by atoms with E-state index in [1.54, 1.807) is 11.8 Å². The molecule has 1 atom stereocenters. The number of carboxylic acids is 1. The third-order valence-corrected chi connectivity index (χ3v) is 4.72. The first-order chi connectivity index (χ1) is 8.46. The van der Waals surface area contributed by atoms with Crippen molar-refractivity contribution in [3.05, 3.63) is 21.9 Å². The van der Waals surface area contributed by atoms with Crippen LogP contribution in [0.1, 0.15) is 34.8 Å². The van der Waals surface area contributed by atoms with Gasteiger partial charge in [0.25, 0.3) is 5.91 Å². The predicted molar refractivity (Wildman–Crippen MR) is 70.0 cm³/mol. The van der Waals surface area contributed by atoms with Crippen LogP contribution in [0.4, 0.5) is 0 Å². The van der Waals surface area contributed by atoms with Gasteiger partial charge < -0.3 is 10.0 Å². The van der Waals surface area contributed by atoms with Crippen molar-refractivity contribution < 1.29 is 14.7 Å². The molecule has 5 heteroatoms. The Morgan fingerprint density at radius 3 is 2.72 bits per heavy atom. The van der Waals surface area contributed by atoms with E-state index in [0.717, 1.165) is 6.42 Å². The van der Waals surface area contributed by atoms with Crippen LogP contribution in [0, 0.1) is 5.41 Å². The molecule has 1 aliphatic rings. The summed E-state index contributed by atoms with van der Waals surface area (Å²) < 4.78 is 0. The van der Waals surface area contributed by atoms with E-state index in [1.807, 2.05) is 12.1 Å². The monoisotopic (exact) mass is 267 g/mol. The summed E-state index contributed by atoms with van der Waals surface area (Å²) in [5.41, 5.74) is -0.791. The summed E-state index contributed by atoms with van der Waals surface area (Å²) >= 11 is 1.50. The highest BCUT2D eigenvalue weighted by Gasteiger charge is 2.42. The minimum atomic E-state index is -0.821. The Hall–Kier alpha value is -1.36. The molecule has 0 bridgehead atoms. The standard InChI is InChI=1S/C13H17NO3S/c1-3-9-4-5-10(18-9)11(15)14-7-6-13(2,8-14)12(16)17/h4-5H,3,6-8H2,1-2H3,(H,16,17)/t13-/m0/s1. The third kappa shape index (κ3) is 2.27. The van der Waals surface area contributed by atoms with E-state index >= 15 is 0 Å². The number of carbonyl (C=O) groups is 2. The lowest BCUT2D eigenvalue weighted by Crippen LogP contribution is -2.34. The smallest absolute Gasteiger partial charge is 0.311 e. The molecule has 1 fully saturated rings. The van der Waals surface area contributed by atoms with Crippen molar-refractivity contribution in [3.8, 4) is 0 Å². The molecule has 1 amide bonds. The van der Waals surface area contributed by atoms with Crippen LogP contribution in [0.25, 0.3) is 0 Å². The van der Waals surface area contributed by atoms with Crippen LogP contribution in [0.3, 0.4) is 0 Å². The van der Waals surface area contributed by atoms with Crippen LogP contribution < -0.4 is 0 Å². The van der Waals surface area contributed by atoms with Crippen LogP contribution >= 0.6 is 11.3 Å². The Labute approximate surface area is 110 Å². The molecule has 1 saturated heterocycles. The Morgan fingerprint density at radius 2 is 2.22 bits per heavy atom. The summed E-state index contributed by atoms with van der Waals surface area (Å²) in [6.45, 7) is 4.59. The lowest BCUT2D eigenvalue weighted by atomic mass is 9.90. The van der Waals surface area contributed by atoms with E-state index in [9.17, 15) is 9.59 Å². The Kier molecular flexibility index (Phi) is 3.43. The third-order valence-electron chi connectivity index (χ3n) is 3.50. The fourth-order valence-electron chi connectivity index (χ4n) is 2.15. The molecule has 0 aromatic carbocycles. The van der Waals surface area contributed by atoms with Crippen molar-refractivity contribution >= 4 is 23.2 Å². The van der Waals surface area contributed by atoms with Crippen molar-refractivity contribution in [1.82, 2.24) is 4.90 Å². The number of aliphatic carboxylic acids is 1. The molecular weight excluding hydrogens is 250 g/mol. The van der Waals surface area contributed by atoms with Gasteiger partial charge in [0, 0.05) is 18.0 Å². The molecule has 0 saturated carbocycles. The molecule has 1 aliphatic heterocycles. The fourth-order valence-corrected chi connectivity index (χ4v) is 3.06. The number of carboxylic acid groups (broad SMARTS) is 1. The molecular formula is C13H17NO3S. The number of thiophene rings is 1. The maximum absolute atomic E-state index is 12.2. The largest absolute Gasteiger partial charge is 0.481 e. The molecule has 2 rings (SSSR count). The van der Waals surface area contributed by atoms with Gasteiger partial charge >= 0.3 is 5.97 Å². The average molecular weight is 267 g/mol. The maximum Gasteiger partial charge on any atom is 0.311 e. The second-order valence-corrected chi connectivity index (χ2v) is 6.13. The number of hydrogen-bond acceptors (Lipinski definition) is 3. The molecule has 18 heavy (non-hydrogen) atoms. The number of hydrogen-bond donors (Lipinski definition) is 1. The highest BCUT2D eigenvalue weighted by molar-refractivity contribution is 7.14. The average Bonchev–Trinajstić information content (AvgIpc) is 2.95. The number of amides is 1. The van der Waals surface area contributed by atoms with Crippen molar-refractivity contribution in [3.63, 3.8) is 0 Å². The van der Waals surface area contributed by atoms with Crippen LogP contribution in [0.5, 0.6) is 0 Å². The van der Waals surface area contributed by atoms with Crippen LogP contribution in [0.15, 0.2) is 12.1 Å². The Morgan fingerprint density at radius 1 is 1.50 bits per heavy atom. The Balaban J connectivity index is 2.10. The maximum atomic E-state index is 12.2. The highest BCUT2D eigenvalue weighted by atomic mass is 32.1. The van der Waals surface area contributed by atoms with E-state index in [4.69, 9.17) is 5.11 Å². The first-order valence-electron chi connectivity index (χ1n) is 6.07. The second-order valence-electron chi connectivity index (χ2n) is 4.96. The molecule has 1 N–H and O–H groups in total. The first kappa shape index (κ1) is 13.1. The predicted octanol–water partition coefficient (Wildman–Crippen LogP) is 2.25. The van der Waals surface area contributed by atoms with Crippen molar-refractivity contribution in [2.45, 2.75) is 26.7 Å². The number of nitrogens with zero attached hydrogens (tertiary/aromatic N) is 1. The van der Waals surface area contributed by atoms with Gasteiger partial charge in [-0.25, -0.2) is 0 Å². The lowest BCUT2D eigenvalue weighted by molar-refractivity contribution is -0.147. The molecule has 4 nitrogen and oxygen atoms in total. The van der Waals surface area contributed by atoms with Crippen molar-refractivity contribution in [2.75, 3.05) is 13.1 Å². The molecule has 0 radical (unpaired) electrons. The van der Waals surface area contributed by atoms with Gasteiger partial charge in [-0.3, -0.25) is 9.59 Å². The summed E-state index contributed by atoms with van der Waals surface area (Å²) in [7, 11) is 0. The number of aryl methyl sites for hydroxylation is 1. The Bertz CT molecular complexity index is 482. The highest BCUT2D eigenvalue weighted by Crippen LogP contribution is 2.31. The first-order valence-corrected chi connectivity index (χ1v) is 6.89. The summed E-state index contributed by atoms with van der Waals surface area (Å²) in [6.07, 6.45) is 1.45. The molecule has 1 aromatic rings. The fraction of sp³-hybridized carbons (Fsp3) is 0.538. The number of likely N-dealkylation sites (tertiary alicyclic amines) is 1. The summed E-state index contributed by atoms with van der Waals surface area (Å²) in [5, 5.41) is 9.15. The molecule has 98 valence electrons. The minimum absolute atomic E-state index is 0.0373. The van der Waals surface area contributed by atoms with E-state index in [2.05, 4.69) is 6.92 Å². The van der Waals surface area contributed by atoms with Gasteiger partial charge in [-0.15, -0.1) is 11.3 Å². The van der Waals surface area contributed by atoms with Gasteiger partial charge in [0.05, 0.1) is 10.3 Å². The lowest BCUT2D eigenvalue weighted by Gasteiger charge is -2.19. The van der Waals surface area contributed by atoms with E-state index in [-0.39, 0.29) is 5.91 Å². The zero-order valence-corrected chi connectivity index (χ0v) is 11.4. The van der Waals surface area contributed by atoms with Gasteiger partial charge in [-0.1, -0.05) is 6.92 Å². The molecule has 2 heterocycles. The second kappa shape index (κ2) is 4.72. The quantitative estimate of drug-likeness (QED) is 0.913. The van der Waals surface area contributed by atoms with E-state index < -0.39 is 11.4 Å². The molecule has 1 aromatic heterocycles. The van der Waals surface area contributed by atoms with Crippen molar-refractivity contribution in [1.29, 1.82) is 0 Å². The van der Waals surface area contributed by atoms with Crippen LogP contribution in [-0.4, -0.2) is 35.0 Å². The molecule has 0 spiro atoms. The zero-order valence-electron chi connectivity index (χ0n) is 10.6. The zero-order chi connectivity index (χ0) is 13.3. The molecule has 0 aliphatic carbocycles. The topological polar surface area (TPSA) is 57.6 Å². The van der Waals surface area contributed by atoms with Gasteiger partial charge in [0.1, 0.15) is 0 Å². The van der Waals surface area contributed by atoms with E-state index in [0.29, 0.717) is 24.4 Å². The number of carbonyl (C=O) groups excluding carboxylic acids is 1.